The number of rotatable bonds is 6. The quantitative estimate of drug-likeness (QED) is 0.830. The molecule has 2 aromatic rings. The summed E-state index contributed by atoms with van der Waals surface area (Å²) in [5.74, 6) is 0.235. The second-order valence-corrected chi connectivity index (χ2v) is 4.21. The van der Waals surface area contributed by atoms with Crippen molar-refractivity contribution < 1.29 is 14.2 Å². The van der Waals surface area contributed by atoms with Crippen LogP contribution in [-0.2, 0) is 4.74 Å². The summed E-state index contributed by atoms with van der Waals surface area (Å²) in [5.41, 5.74) is 0.677. The SMILES string of the molecule is COCC(O)CCNc1ncnc2ccc(F)cc12. The van der Waals surface area contributed by atoms with Gasteiger partial charge in [-0.3, -0.25) is 0 Å². The van der Waals surface area contributed by atoms with Crippen LogP contribution in [0, 0.1) is 5.82 Å². The second kappa shape index (κ2) is 6.40. The summed E-state index contributed by atoms with van der Waals surface area (Å²) in [6, 6.07) is 4.36. The molecule has 0 saturated heterocycles. The lowest BCUT2D eigenvalue weighted by molar-refractivity contribution is 0.0615. The molecule has 0 aliphatic rings. The Kier molecular flexibility index (Phi) is 4.59. The molecule has 0 fully saturated rings. The Hall–Kier alpha value is -1.79. The van der Waals surface area contributed by atoms with E-state index in [0.717, 1.165) is 0 Å². The molecule has 2 N–H and O–H groups in total. The van der Waals surface area contributed by atoms with Crippen LogP contribution in [0.3, 0.4) is 0 Å². The second-order valence-electron chi connectivity index (χ2n) is 4.21. The Bertz CT molecular complexity index is 550. The highest BCUT2D eigenvalue weighted by atomic mass is 19.1. The molecule has 0 aliphatic carbocycles. The Labute approximate surface area is 110 Å². The van der Waals surface area contributed by atoms with E-state index in [1.54, 1.807) is 6.07 Å². The van der Waals surface area contributed by atoms with Gasteiger partial charge in [-0.1, -0.05) is 0 Å². The lowest BCUT2D eigenvalue weighted by Gasteiger charge is -2.11. The van der Waals surface area contributed by atoms with E-state index in [1.807, 2.05) is 0 Å². The van der Waals surface area contributed by atoms with Crippen molar-refractivity contribution in [2.75, 3.05) is 25.6 Å². The Morgan fingerprint density at radius 2 is 2.26 bits per heavy atom. The van der Waals surface area contributed by atoms with Gasteiger partial charge in [0.2, 0.25) is 0 Å². The van der Waals surface area contributed by atoms with Crippen molar-refractivity contribution in [1.82, 2.24) is 9.97 Å². The molecule has 0 amide bonds. The molecule has 2 rings (SSSR count). The van der Waals surface area contributed by atoms with E-state index in [1.165, 1.54) is 25.6 Å². The van der Waals surface area contributed by atoms with Gasteiger partial charge in [-0.25, -0.2) is 14.4 Å². The highest BCUT2D eigenvalue weighted by Gasteiger charge is 2.06. The lowest BCUT2D eigenvalue weighted by atomic mass is 10.2. The average Bonchev–Trinajstić information content (AvgIpc) is 2.39. The monoisotopic (exact) mass is 265 g/mol. The van der Waals surface area contributed by atoms with Crippen molar-refractivity contribution >= 4 is 16.7 Å². The topological polar surface area (TPSA) is 67.3 Å². The van der Waals surface area contributed by atoms with E-state index < -0.39 is 6.10 Å². The van der Waals surface area contributed by atoms with Crippen molar-refractivity contribution in [3.05, 3.63) is 30.3 Å². The molecular formula is C13H16FN3O2. The fraction of sp³-hybridized carbons (Fsp3) is 0.385. The highest BCUT2D eigenvalue weighted by Crippen LogP contribution is 2.19. The van der Waals surface area contributed by atoms with Crippen LogP contribution in [0.1, 0.15) is 6.42 Å². The van der Waals surface area contributed by atoms with Gasteiger partial charge in [0.15, 0.2) is 0 Å². The third-order valence-electron chi connectivity index (χ3n) is 2.73. The zero-order chi connectivity index (χ0) is 13.7. The smallest absolute Gasteiger partial charge is 0.137 e. The van der Waals surface area contributed by atoms with E-state index in [2.05, 4.69) is 15.3 Å². The number of nitrogens with one attached hydrogen (secondary N) is 1. The van der Waals surface area contributed by atoms with Gasteiger partial charge in [-0.2, -0.15) is 0 Å². The van der Waals surface area contributed by atoms with Crippen LogP contribution >= 0.6 is 0 Å². The number of aliphatic hydroxyl groups excluding tert-OH is 1. The van der Waals surface area contributed by atoms with E-state index in [4.69, 9.17) is 4.74 Å². The first kappa shape index (κ1) is 13.6. The highest BCUT2D eigenvalue weighted by molar-refractivity contribution is 5.88. The predicted octanol–water partition coefficient (Wildman–Crippen LogP) is 1.58. The molecule has 6 heteroatoms. The number of methoxy groups -OCH3 is 1. The van der Waals surface area contributed by atoms with Gasteiger partial charge in [0.1, 0.15) is 18.0 Å². The number of aromatic nitrogens is 2. The molecular weight excluding hydrogens is 249 g/mol. The minimum atomic E-state index is -0.526. The summed E-state index contributed by atoms with van der Waals surface area (Å²) in [6.07, 6.45) is 1.42. The van der Waals surface area contributed by atoms with Gasteiger partial charge in [0, 0.05) is 19.0 Å². The van der Waals surface area contributed by atoms with E-state index >= 15 is 0 Å². The van der Waals surface area contributed by atoms with Crippen LogP contribution in [0.25, 0.3) is 10.9 Å². The van der Waals surface area contributed by atoms with Crippen LogP contribution < -0.4 is 5.32 Å². The van der Waals surface area contributed by atoms with Crippen molar-refractivity contribution in [2.24, 2.45) is 0 Å². The fourth-order valence-corrected chi connectivity index (χ4v) is 1.80. The normalized spacial score (nSPS) is 12.6. The van der Waals surface area contributed by atoms with Gasteiger partial charge in [-0.15, -0.1) is 0 Å². The van der Waals surface area contributed by atoms with Crippen LogP contribution in [0.2, 0.25) is 0 Å². The first-order chi connectivity index (χ1) is 9.20. The number of halogens is 1. The van der Waals surface area contributed by atoms with Gasteiger partial charge in [0.05, 0.1) is 18.2 Å². The summed E-state index contributed by atoms with van der Waals surface area (Å²) >= 11 is 0. The lowest BCUT2D eigenvalue weighted by Crippen LogP contribution is -2.18. The number of hydrogen-bond acceptors (Lipinski definition) is 5. The maximum atomic E-state index is 13.2. The molecule has 102 valence electrons. The Morgan fingerprint density at radius 3 is 3.05 bits per heavy atom. The van der Waals surface area contributed by atoms with Crippen LogP contribution in [-0.4, -0.2) is 41.4 Å². The number of fused-ring (bicyclic) bond motifs is 1. The predicted molar refractivity (Wildman–Crippen MR) is 70.5 cm³/mol. The number of nitrogens with zero attached hydrogens (tertiary/aromatic N) is 2. The van der Waals surface area contributed by atoms with Crippen molar-refractivity contribution in [3.63, 3.8) is 0 Å². The summed E-state index contributed by atoms with van der Waals surface area (Å²) in [7, 11) is 1.54. The third kappa shape index (κ3) is 3.59. The molecule has 0 aliphatic heterocycles. The summed E-state index contributed by atoms with van der Waals surface area (Å²) in [6.45, 7) is 0.813. The molecule has 0 saturated carbocycles. The van der Waals surface area contributed by atoms with Gasteiger partial charge < -0.3 is 15.2 Å². The first-order valence-corrected chi connectivity index (χ1v) is 6.02. The molecule has 1 aromatic carbocycles. The molecule has 5 nitrogen and oxygen atoms in total. The molecule has 1 unspecified atom stereocenters. The van der Waals surface area contributed by atoms with E-state index in [9.17, 15) is 9.50 Å². The Balaban J connectivity index is 2.06. The number of anilines is 1. The maximum absolute atomic E-state index is 13.2. The molecule has 1 atom stereocenters. The van der Waals surface area contributed by atoms with Crippen molar-refractivity contribution in [3.8, 4) is 0 Å². The number of aliphatic hydroxyl groups is 1. The molecule has 19 heavy (non-hydrogen) atoms. The molecule has 1 heterocycles. The van der Waals surface area contributed by atoms with Crippen molar-refractivity contribution in [2.45, 2.75) is 12.5 Å². The summed E-state index contributed by atoms with van der Waals surface area (Å²) in [4.78, 5) is 8.16. The minimum absolute atomic E-state index is 0.292. The van der Waals surface area contributed by atoms with Crippen LogP contribution in [0.5, 0.6) is 0 Å². The Morgan fingerprint density at radius 1 is 1.42 bits per heavy atom. The maximum Gasteiger partial charge on any atom is 0.137 e. The zero-order valence-electron chi connectivity index (χ0n) is 10.6. The van der Waals surface area contributed by atoms with Crippen LogP contribution in [0.4, 0.5) is 10.2 Å². The standard InChI is InChI=1S/C13H16FN3O2/c1-19-7-10(18)4-5-15-13-11-6-9(14)2-3-12(11)16-8-17-13/h2-3,6,8,10,18H,4-5,7H2,1H3,(H,15,16,17). The zero-order valence-corrected chi connectivity index (χ0v) is 10.6. The number of ether oxygens (including phenoxy) is 1. The number of benzene rings is 1. The summed E-state index contributed by atoms with van der Waals surface area (Å²) < 4.78 is 18.1. The van der Waals surface area contributed by atoms with Crippen LogP contribution in [0.15, 0.2) is 24.5 Å². The largest absolute Gasteiger partial charge is 0.391 e. The third-order valence-corrected chi connectivity index (χ3v) is 2.73. The van der Waals surface area contributed by atoms with Gasteiger partial charge in [-0.05, 0) is 24.6 Å². The first-order valence-electron chi connectivity index (χ1n) is 6.02. The van der Waals surface area contributed by atoms with E-state index in [0.29, 0.717) is 36.3 Å². The van der Waals surface area contributed by atoms with Gasteiger partial charge >= 0.3 is 0 Å². The summed E-state index contributed by atoms with van der Waals surface area (Å²) in [5, 5.41) is 13.2. The fourth-order valence-electron chi connectivity index (χ4n) is 1.80. The van der Waals surface area contributed by atoms with Crippen molar-refractivity contribution in [1.29, 1.82) is 0 Å². The van der Waals surface area contributed by atoms with Gasteiger partial charge in [0.25, 0.3) is 0 Å². The minimum Gasteiger partial charge on any atom is -0.391 e. The molecule has 0 bridgehead atoms. The molecule has 1 aromatic heterocycles. The number of hydrogen-bond donors (Lipinski definition) is 2. The molecule has 0 spiro atoms. The molecule has 0 radical (unpaired) electrons. The average molecular weight is 265 g/mol. The van der Waals surface area contributed by atoms with E-state index in [-0.39, 0.29) is 5.82 Å².